The van der Waals surface area contributed by atoms with Crippen LogP contribution < -0.4 is 5.32 Å². The molecule has 1 aliphatic rings. The summed E-state index contributed by atoms with van der Waals surface area (Å²) in [7, 11) is 0. The van der Waals surface area contributed by atoms with Crippen LogP contribution in [0.2, 0.25) is 0 Å². The molecule has 0 aromatic rings. The number of amides is 1. The number of hydrogen-bond acceptors (Lipinski definition) is 2. The predicted octanol–water partition coefficient (Wildman–Crippen LogP) is 1.96. The van der Waals surface area contributed by atoms with Crippen LogP contribution in [0.1, 0.15) is 39.5 Å². The Morgan fingerprint density at radius 3 is 2.65 bits per heavy atom. The highest BCUT2D eigenvalue weighted by molar-refractivity contribution is 5.80. The number of carboxylic acid groups (broad SMARTS) is 1. The van der Waals surface area contributed by atoms with E-state index in [0.717, 1.165) is 18.4 Å². The van der Waals surface area contributed by atoms with Gasteiger partial charge < -0.3 is 10.4 Å². The summed E-state index contributed by atoms with van der Waals surface area (Å²) >= 11 is 0. The molecule has 1 saturated carbocycles. The third-order valence-corrected chi connectivity index (χ3v) is 3.26. The minimum absolute atomic E-state index is 0.0637. The second-order valence-corrected chi connectivity index (χ2v) is 5.05. The molecule has 0 aromatic carbocycles. The van der Waals surface area contributed by atoms with E-state index in [0.29, 0.717) is 12.8 Å². The maximum atomic E-state index is 11.9. The van der Waals surface area contributed by atoms with Crippen molar-refractivity contribution in [1.82, 2.24) is 5.32 Å². The smallest absolute Gasteiger partial charge is 0.308 e. The number of nitrogens with one attached hydrogen (secondary N) is 1. The fraction of sp³-hybridized carbons (Fsp3) is 0.692. The summed E-state index contributed by atoms with van der Waals surface area (Å²) in [4.78, 5) is 22.8. The first-order valence-corrected chi connectivity index (χ1v) is 6.09. The van der Waals surface area contributed by atoms with Crippen molar-refractivity contribution < 1.29 is 14.7 Å². The van der Waals surface area contributed by atoms with Crippen molar-refractivity contribution in [2.45, 2.75) is 45.6 Å². The highest BCUT2D eigenvalue weighted by atomic mass is 16.4. The molecule has 0 aromatic heterocycles. The van der Waals surface area contributed by atoms with Crippen LogP contribution in [-0.4, -0.2) is 23.0 Å². The normalized spacial score (nSPS) is 25.3. The van der Waals surface area contributed by atoms with Crippen molar-refractivity contribution in [1.29, 1.82) is 0 Å². The Morgan fingerprint density at radius 2 is 2.12 bits per heavy atom. The fourth-order valence-corrected chi connectivity index (χ4v) is 2.37. The van der Waals surface area contributed by atoms with Crippen molar-refractivity contribution in [2.75, 3.05) is 0 Å². The third-order valence-electron chi connectivity index (χ3n) is 3.26. The van der Waals surface area contributed by atoms with Crippen LogP contribution in [0.4, 0.5) is 0 Å². The van der Waals surface area contributed by atoms with E-state index >= 15 is 0 Å². The molecular weight excluding hydrogens is 218 g/mol. The van der Waals surface area contributed by atoms with Crippen LogP contribution in [-0.2, 0) is 9.59 Å². The zero-order valence-electron chi connectivity index (χ0n) is 10.5. The monoisotopic (exact) mass is 239 g/mol. The second-order valence-electron chi connectivity index (χ2n) is 5.05. The summed E-state index contributed by atoms with van der Waals surface area (Å²) < 4.78 is 0. The van der Waals surface area contributed by atoms with Crippen LogP contribution in [0, 0.1) is 11.8 Å². The van der Waals surface area contributed by atoms with Gasteiger partial charge in [0.05, 0.1) is 5.92 Å². The molecule has 0 radical (unpaired) electrons. The number of carbonyl (C=O) groups is 2. The van der Waals surface area contributed by atoms with Crippen LogP contribution in [0.25, 0.3) is 0 Å². The highest BCUT2D eigenvalue weighted by Gasteiger charge is 2.34. The Balaban J connectivity index is 2.50. The SMILES string of the molecule is C=C(C)CC(C)C(=O)N[C@@H]1CCC[C@@H]1C(=O)O. The Hall–Kier alpha value is -1.32. The Labute approximate surface area is 102 Å². The van der Waals surface area contributed by atoms with Crippen LogP contribution in [0.3, 0.4) is 0 Å². The molecule has 0 spiro atoms. The van der Waals surface area contributed by atoms with Gasteiger partial charge in [0.2, 0.25) is 5.91 Å². The van der Waals surface area contributed by atoms with Crippen molar-refractivity contribution in [3.05, 3.63) is 12.2 Å². The van der Waals surface area contributed by atoms with Gasteiger partial charge >= 0.3 is 5.97 Å². The summed E-state index contributed by atoms with van der Waals surface area (Å²) in [6, 6.07) is -0.201. The quantitative estimate of drug-likeness (QED) is 0.721. The molecule has 4 heteroatoms. The topological polar surface area (TPSA) is 66.4 Å². The Bertz CT molecular complexity index is 325. The van der Waals surface area contributed by atoms with E-state index in [-0.39, 0.29) is 17.9 Å². The van der Waals surface area contributed by atoms with Gasteiger partial charge in [-0.05, 0) is 26.2 Å². The molecule has 1 amide bonds. The van der Waals surface area contributed by atoms with E-state index in [4.69, 9.17) is 5.11 Å². The van der Waals surface area contributed by atoms with E-state index < -0.39 is 11.9 Å². The van der Waals surface area contributed by atoms with Gasteiger partial charge in [-0.1, -0.05) is 18.9 Å². The van der Waals surface area contributed by atoms with Gasteiger partial charge in [-0.15, -0.1) is 6.58 Å². The molecule has 0 saturated heterocycles. The molecule has 4 nitrogen and oxygen atoms in total. The summed E-state index contributed by atoms with van der Waals surface area (Å²) in [6.45, 7) is 7.51. The largest absolute Gasteiger partial charge is 0.481 e. The summed E-state index contributed by atoms with van der Waals surface area (Å²) in [6.07, 6.45) is 2.95. The van der Waals surface area contributed by atoms with Crippen molar-refractivity contribution in [3.8, 4) is 0 Å². The molecule has 1 unspecified atom stereocenters. The number of carboxylic acids is 1. The van der Waals surface area contributed by atoms with E-state index in [9.17, 15) is 9.59 Å². The van der Waals surface area contributed by atoms with E-state index in [1.807, 2.05) is 13.8 Å². The molecule has 96 valence electrons. The molecule has 0 heterocycles. The maximum Gasteiger partial charge on any atom is 0.308 e. The molecule has 1 aliphatic carbocycles. The maximum absolute atomic E-state index is 11.9. The summed E-state index contributed by atoms with van der Waals surface area (Å²) in [5.41, 5.74) is 0.967. The lowest BCUT2D eigenvalue weighted by molar-refractivity contribution is -0.142. The molecule has 1 rings (SSSR count). The first kappa shape index (κ1) is 13.7. The second kappa shape index (κ2) is 5.84. The van der Waals surface area contributed by atoms with E-state index in [1.54, 1.807) is 0 Å². The Kier molecular flexibility index (Phi) is 4.73. The first-order chi connectivity index (χ1) is 7.91. The summed E-state index contributed by atoms with van der Waals surface area (Å²) in [5, 5.41) is 11.9. The van der Waals surface area contributed by atoms with Crippen LogP contribution >= 0.6 is 0 Å². The molecular formula is C13H21NO3. The number of allylic oxidation sites excluding steroid dienone is 1. The zero-order chi connectivity index (χ0) is 13.0. The Morgan fingerprint density at radius 1 is 1.47 bits per heavy atom. The van der Waals surface area contributed by atoms with Crippen LogP contribution in [0.15, 0.2) is 12.2 Å². The van der Waals surface area contributed by atoms with E-state index in [2.05, 4.69) is 11.9 Å². The van der Waals surface area contributed by atoms with Gasteiger partial charge in [0, 0.05) is 12.0 Å². The lowest BCUT2D eigenvalue weighted by Crippen LogP contribution is -2.42. The molecule has 17 heavy (non-hydrogen) atoms. The number of hydrogen-bond donors (Lipinski definition) is 2. The van der Waals surface area contributed by atoms with E-state index in [1.165, 1.54) is 0 Å². The molecule has 0 bridgehead atoms. The van der Waals surface area contributed by atoms with Gasteiger partial charge in [-0.25, -0.2) is 0 Å². The lowest BCUT2D eigenvalue weighted by atomic mass is 10.00. The minimum Gasteiger partial charge on any atom is -0.481 e. The number of aliphatic carboxylic acids is 1. The standard InChI is InChI=1S/C13H21NO3/c1-8(2)7-9(3)12(15)14-11-6-4-5-10(11)13(16)17/h9-11H,1,4-7H2,2-3H3,(H,14,15)(H,16,17)/t9?,10-,11+/m0/s1. The molecule has 0 aliphatic heterocycles. The van der Waals surface area contributed by atoms with Crippen molar-refractivity contribution in [2.24, 2.45) is 11.8 Å². The van der Waals surface area contributed by atoms with Gasteiger partial charge in [-0.3, -0.25) is 9.59 Å². The van der Waals surface area contributed by atoms with Crippen molar-refractivity contribution in [3.63, 3.8) is 0 Å². The molecule has 2 N–H and O–H groups in total. The minimum atomic E-state index is -0.805. The fourth-order valence-electron chi connectivity index (χ4n) is 2.37. The highest BCUT2D eigenvalue weighted by Crippen LogP contribution is 2.26. The van der Waals surface area contributed by atoms with Gasteiger partial charge in [-0.2, -0.15) is 0 Å². The molecule has 1 fully saturated rings. The van der Waals surface area contributed by atoms with Crippen molar-refractivity contribution >= 4 is 11.9 Å². The average Bonchev–Trinajstić information content (AvgIpc) is 2.64. The van der Waals surface area contributed by atoms with Crippen LogP contribution in [0.5, 0.6) is 0 Å². The van der Waals surface area contributed by atoms with Gasteiger partial charge in [0.25, 0.3) is 0 Å². The molecule has 3 atom stereocenters. The van der Waals surface area contributed by atoms with Gasteiger partial charge in [0.15, 0.2) is 0 Å². The summed E-state index contributed by atoms with van der Waals surface area (Å²) in [5.74, 6) is -1.43. The first-order valence-electron chi connectivity index (χ1n) is 6.09. The van der Waals surface area contributed by atoms with Gasteiger partial charge in [0.1, 0.15) is 0 Å². The number of carbonyl (C=O) groups excluding carboxylic acids is 1. The average molecular weight is 239 g/mol. The third kappa shape index (κ3) is 3.88. The lowest BCUT2D eigenvalue weighted by Gasteiger charge is -2.20. The predicted molar refractivity (Wildman–Crippen MR) is 65.5 cm³/mol. The number of rotatable bonds is 5. The zero-order valence-corrected chi connectivity index (χ0v) is 10.5.